The summed E-state index contributed by atoms with van der Waals surface area (Å²) < 4.78 is 7.24. The van der Waals surface area contributed by atoms with Crippen LogP contribution in [0, 0.1) is 0 Å². The maximum Gasteiger partial charge on any atom is 0.0594 e. The number of aliphatic hydroxyl groups is 1. The normalized spacial score (nSPS) is 17.2. The van der Waals surface area contributed by atoms with Gasteiger partial charge in [0.15, 0.2) is 0 Å². The van der Waals surface area contributed by atoms with E-state index in [1.165, 1.54) is 5.69 Å². The van der Waals surface area contributed by atoms with Crippen molar-refractivity contribution in [1.82, 2.24) is 19.6 Å². The SMILES string of the molecule is Cn1nccc1CN(CCO)CCN1CCOCC1. The van der Waals surface area contributed by atoms with E-state index in [-0.39, 0.29) is 6.61 Å². The van der Waals surface area contributed by atoms with Crippen LogP contribution >= 0.6 is 0 Å². The molecule has 1 aliphatic heterocycles. The Morgan fingerprint density at radius 2 is 2.16 bits per heavy atom. The highest BCUT2D eigenvalue weighted by atomic mass is 16.5. The molecule has 0 aliphatic carbocycles. The fourth-order valence-electron chi connectivity index (χ4n) is 2.30. The van der Waals surface area contributed by atoms with Crippen LogP contribution in [-0.4, -0.2) is 77.2 Å². The molecule has 0 unspecified atom stereocenters. The standard InChI is InChI=1S/C13H24N4O2/c1-15-13(2-3-14-15)12-17(6-9-18)5-4-16-7-10-19-11-8-16/h2-3,18H,4-12H2,1H3. The highest BCUT2D eigenvalue weighted by Gasteiger charge is 2.13. The number of aryl methyl sites for hydroxylation is 1. The molecule has 0 atom stereocenters. The molecule has 1 aromatic heterocycles. The minimum absolute atomic E-state index is 0.195. The van der Waals surface area contributed by atoms with Gasteiger partial charge in [-0.25, -0.2) is 0 Å². The van der Waals surface area contributed by atoms with E-state index in [1.54, 1.807) is 0 Å². The highest BCUT2D eigenvalue weighted by Crippen LogP contribution is 2.04. The second-order valence-electron chi connectivity index (χ2n) is 4.90. The molecule has 0 radical (unpaired) electrons. The van der Waals surface area contributed by atoms with Gasteiger partial charge in [0.1, 0.15) is 0 Å². The first kappa shape index (κ1) is 14.5. The molecule has 108 valence electrons. The number of aromatic nitrogens is 2. The number of rotatable bonds is 7. The molecule has 0 aromatic carbocycles. The summed E-state index contributed by atoms with van der Waals surface area (Å²) >= 11 is 0. The molecule has 0 amide bonds. The number of aliphatic hydroxyl groups excluding tert-OH is 1. The molecule has 1 fully saturated rings. The van der Waals surface area contributed by atoms with Crippen molar-refractivity contribution in [3.05, 3.63) is 18.0 Å². The fraction of sp³-hybridized carbons (Fsp3) is 0.769. The lowest BCUT2D eigenvalue weighted by Gasteiger charge is -2.29. The molecule has 1 saturated heterocycles. The van der Waals surface area contributed by atoms with Crippen LogP contribution in [0.15, 0.2) is 12.3 Å². The van der Waals surface area contributed by atoms with Crippen molar-refractivity contribution in [2.45, 2.75) is 6.54 Å². The second kappa shape index (κ2) is 7.59. The molecule has 19 heavy (non-hydrogen) atoms. The van der Waals surface area contributed by atoms with E-state index in [0.717, 1.165) is 45.9 Å². The van der Waals surface area contributed by atoms with Crippen molar-refractivity contribution in [3.8, 4) is 0 Å². The summed E-state index contributed by atoms with van der Waals surface area (Å²) in [7, 11) is 1.95. The maximum absolute atomic E-state index is 9.17. The summed E-state index contributed by atoms with van der Waals surface area (Å²) in [5.74, 6) is 0. The minimum atomic E-state index is 0.195. The second-order valence-corrected chi connectivity index (χ2v) is 4.90. The van der Waals surface area contributed by atoms with Gasteiger partial charge in [-0.1, -0.05) is 0 Å². The van der Waals surface area contributed by atoms with E-state index in [1.807, 2.05) is 24.0 Å². The smallest absolute Gasteiger partial charge is 0.0594 e. The van der Waals surface area contributed by atoms with Gasteiger partial charge in [0.25, 0.3) is 0 Å². The Balaban J connectivity index is 1.80. The molecule has 1 N–H and O–H groups in total. The Bertz CT molecular complexity index is 363. The van der Waals surface area contributed by atoms with E-state index in [4.69, 9.17) is 4.74 Å². The molecular weight excluding hydrogens is 244 g/mol. The molecule has 2 heterocycles. The first-order chi connectivity index (χ1) is 9.29. The number of ether oxygens (including phenoxy) is 1. The van der Waals surface area contributed by atoms with Crippen molar-refractivity contribution in [1.29, 1.82) is 0 Å². The third-order valence-electron chi connectivity index (χ3n) is 3.56. The summed E-state index contributed by atoms with van der Waals surface area (Å²) in [5, 5.41) is 13.4. The Morgan fingerprint density at radius 1 is 1.37 bits per heavy atom. The van der Waals surface area contributed by atoms with Gasteiger partial charge in [0.05, 0.1) is 25.5 Å². The predicted octanol–water partition coefficient (Wildman–Crippen LogP) is -0.453. The first-order valence-corrected chi connectivity index (χ1v) is 6.90. The summed E-state index contributed by atoms with van der Waals surface area (Å²) in [6.45, 7) is 7.42. The highest BCUT2D eigenvalue weighted by molar-refractivity contribution is 4.99. The van der Waals surface area contributed by atoms with Crippen molar-refractivity contribution >= 4 is 0 Å². The molecule has 0 spiro atoms. The van der Waals surface area contributed by atoms with E-state index in [9.17, 15) is 5.11 Å². The largest absolute Gasteiger partial charge is 0.395 e. The molecule has 2 rings (SSSR count). The van der Waals surface area contributed by atoms with Crippen molar-refractivity contribution in [2.24, 2.45) is 7.05 Å². The van der Waals surface area contributed by atoms with Gasteiger partial charge >= 0.3 is 0 Å². The zero-order valence-electron chi connectivity index (χ0n) is 11.7. The molecule has 1 aliphatic rings. The lowest BCUT2D eigenvalue weighted by Crippen LogP contribution is -2.42. The average molecular weight is 268 g/mol. The average Bonchev–Trinajstić information content (AvgIpc) is 2.83. The van der Waals surface area contributed by atoms with Gasteiger partial charge in [0, 0.05) is 52.5 Å². The predicted molar refractivity (Wildman–Crippen MR) is 72.8 cm³/mol. The number of hydrogen-bond donors (Lipinski definition) is 1. The van der Waals surface area contributed by atoms with Gasteiger partial charge < -0.3 is 9.84 Å². The van der Waals surface area contributed by atoms with E-state index >= 15 is 0 Å². The minimum Gasteiger partial charge on any atom is -0.395 e. The van der Waals surface area contributed by atoms with Crippen molar-refractivity contribution in [2.75, 3.05) is 52.5 Å². The topological polar surface area (TPSA) is 53.8 Å². The summed E-state index contributed by atoms with van der Waals surface area (Å²) in [6, 6.07) is 2.03. The maximum atomic E-state index is 9.17. The van der Waals surface area contributed by atoms with Crippen LogP contribution in [0.2, 0.25) is 0 Å². The Morgan fingerprint density at radius 3 is 2.79 bits per heavy atom. The van der Waals surface area contributed by atoms with Crippen LogP contribution in [0.5, 0.6) is 0 Å². The third-order valence-corrected chi connectivity index (χ3v) is 3.56. The molecule has 0 bridgehead atoms. The molecule has 6 nitrogen and oxygen atoms in total. The summed E-state index contributed by atoms with van der Waals surface area (Å²) in [6.07, 6.45) is 1.81. The fourth-order valence-corrected chi connectivity index (χ4v) is 2.30. The zero-order valence-corrected chi connectivity index (χ0v) is 11.7. The molecule has 6 heteroatoms. The van der Waals surface area contributed by atoms with Crippen LogP contribution in [-0.2, 0) is 18.3 Å². The van der Waals surface area contributed by atoms with Gasteiger partial charge in [0.2, 0.25) is 0 Å². The monoisotopic (exact) mass is 268 g/mol. The lowest BCUT2D eigenvalue weighted by molar-refractivity contribution is 0.0319. The Hall–Kier alpha value is -0.950. The zero-order chi connectivity index (χ0) is 13.5. The first-order valence-electron chi connectivity index (χ1n) is 6.90. The molecule has 1 aromatic rings. The number of hydrogen-bond acceptors (Lipinski definition) is 5. The van der Waals surface area contributed by atoms with E-state index in [0.29, 0.717) is 6.54 Å². The summed E-state index contributed by atoms with van der Waals surface area (Å²) in [5.41, 5.74) is 1.18. The quantitative estimate of drug-likeness (QED) is 0.726. The van der Waals surface area contributed by atoms with E-state index in [2.05, 4.69) is 14.9 Å². The van der Waals surface area contributed by atoms with Crippen LogP contribution in [0.3, 0.4) is 0 Å². The van der Waals surface area contributed by atoms with Crippen LogP contribution in [0.1, 0.15) is 5.69 Å². The summed E-state index contributed by atoms with van der Waals surface area (Å²) in [4.78, 5) is 4.68. The van der Waals surface area contributed by atoms with Gasteiger partial charge in [-0.05, 0) is 6.07 Å². The number of morpholine rings is 1. The molecular formula is C13H24N4O2. The van der Waals surface area contributed by atoms with Gasteiger partial charge in [-0.2, -0.15) is 5.10 Å². The van der Waals surface area contributed by atoms with Gasteiger partial charge in [-0.15, -0.1) is 0 Å². The lowest BCUT2D eigenvalue weighted by atomic mass is 10.3. The van der Waals surface area contributed by atoms with Crippen molar-refractivity contribution < 1.29 is 9.84 Å². The number of nitrogens with zero attached hydrogens (tertiary/aromatic N) is 4. The van der Waals surface area contributed by atoms with Gasteiger partial charge in [-0.3, -0.25) is 14.5 Å². The molecule has 0 saturated carbocycles. The Labute approximate surface area is 114 Å². The van der Waals surface area contributed by atoms with Crippen LogP contribution in [0.4, 0.5) is 0 Å². The van der Waals surface area contributed by atoms with Crippen LogP contribution in [0.25, 0.3) is 0 Å². The Kier molecular flexibility index (Phi) is 5.78. The van der Waals surface area contributed by atoms with Crippen LogP contribution < -0.4 is 0 Å². The van der Waals surface area contributed by atoms with E-state index < -0.39 is 0 Å². The third kappa shape index (κ3) is 4.58. The van der Waals surface area contributed by atoms with Crippen molar-refractivity contribution in [3.63, 3.8) is 0 Å².